The van der Waals surface area contributed by atoms with Crippen LogP contribution in [-0.4, -0.2) is 79.8 Å². The summed E-state index contributed by atoms with van der Waals surface area (Å²) in [5, 5.41) is 24.6. The molecule has 0 spiro atoms. The first-order chi connectivity index (χ1) is 29.4. The Bertz CT molecular complexity index is 1370. The fraction of sp³-hybridized carbons (Fsp3) is 0.627. The highest BCUT2D eigenvalue weighted by Gasteiger charge is 2.29. The molecule has 0 aliphatic carbocycles. The maximum atomic E-state index is 12.9. The summed E-state index contributed by atoms with van der Waals surface area (Å²) in [6.45, 7) is 4.03. The Morgan fingerprint density at radius 2 is 1.07 bits per heavy atom. The Labute approximate surface area is 373 Å². The van der Waals surface area contributed by atoms with Gasteiger partial charge in [-0.1, -0.05) is 142 Å². The lowest BCUT2D eigenvalue weighted by Crippen LogP contribution is -2.51. The van der Waals surface area contributed by atoms with Gasteiger partial charge in [-0.2, -0.15) is 0 Å². The molecule has 0 radical (unpaired) electrons. The van der Waals surface area contributed by atoms with Gasteiger partial charge in [0.2, 0.25) is 5.91 Å². The predicted molar refractivity (Wildman–Crippen MR) is 257 cm³/mol. The minimum atomic E-state index is -4.69. The topological polar surface area (TPSA) is 128 Å². The molecular formula is C51H87N2O7P. The molecule has 9 nitrogen and oxygen atoms in total. The minimum Gasteiger partial charge on any atom is -0.756 e. The molecule has 0 saturated carbocycles. The van der Waals surface area contributed by atoms with Crippen molar-refractivity contribution in [3.8, 4) is 0 Å². The van der Waals surface area contributed by atoms with Crippen molar-refractivity contribution in [3.63, 3.8) is 0 Å². The molecule has 0 aromatic carbocycles. The third-order valence-corrected chi connectivity index (χ3v) is 10.6. The quantitative estimate of drug-likeness (QED) is 0.0242. The molecule has 0 aromatic rings. The number of carbonyl (C=O) groups is 1. The first-order valence-electron chi connectivity index (χ1n) is 23.3. The number of phosphoric acid groups is 1. The van der Waals surface area contributed by atoms with Gasteiger partial charge in [0.15, 0.2) is 0 Å². The lowest BCUT2D eigenvalue weighted by Gasteiger charge is -2.31. The van der Waals surface area contributed by atoms with E-state index in [1.165, 1.54) is 0 Å². The van der Waals surface area contributed by atoms with Gasteiger partial charge in [0.1, 0.15) is 19.3 Å². The molecule has 348 valence electrons. The Morgan fingerprint density at radius 1 is 0.623 bits per heavy atom. The molecule has 0 heterocycles. The smallest absolute Gasteiger partial charge is 0.268 e. The van der Waals surface area contributed by atoms with Gasteiger partial charge in [-0.15, -0.1) is 0 Å². The van der Waals surface area contributed by atoms with E-state index in [9.17, 15) is 24.5 Å². The van der Waals surface area contributed by atoms with Crippen molar-refractivity contribution in [2.75, 3.05) is 40.9 Å². The number of quaternary nitrogens is 1. The fourth-order valence-electron chi connectivity index (χ4n) is 5.94. The number of carbonyl (C=O) groups excluding carboxylic acids is 1. The van der Waals surface area contributed by atoms with Crippen LogP contribution in [0.2, 0.25) is 0 Å². The number of amides is 1. The summed E-state index contributed by atoms with van der Waals surface area (Å²) in [5.41, 5.74) is 0. The lowest BCUT2D eigenvalue weighted by atomic mass is 10.0. The van der Waals surface area contributed by atoms with Crippen LogP contribution in [0, 0.1) is 0 Å². The van der Waals surface area contributed by atoms with E-state index in [4.69, 9.17) is 9.05 Å². The summed E-state index contributed by atoms with van der Waals surface area (Å²) < 4.78 is 23.1. The molecular weight excluding hydrogens is 784 g/mol. The van der Waals surface area contributed by atoms with Crippen LogP contribution in [0.3, 0.4) is 0 Å². The number of likely N-dealkylation sites (N-methyl/N-ethyl adjacent to an activating group) is 1. The maximum Gasteiger partial charge on any atom is 0.268 e. The molecule has 0 saturated heterocycles. The summed E-state index contributed by atoms with van der Waals surface area (Å²) in [6.07, 6.45) is 55.7. The van der Waals surface area contributed by atoms with Crippen LogP contribution in [0.25, 0.3) is 0 Å². The Kier molecular flexibility index (Phi) is 39.2. The molecule has 10 heteroatoms. The average molecular weight is 871 g/mol. The summed E-state index contributed by atoms with van der Waals surface area (Å²) in [7, 11) is 1.06. The van der Waals surface area contributed by atoms with Crippen molar-refractivity contribution in [3.05, 3.63) is 109 Å². The second-order valence-corrected chi connectivity index (χ2v) is 17.9. The highest BCUT2D eigenvalue weighted by Crippen LogP contribution is 2.38. The summed E-state index contributed by atoms with van der Waals surface area (Å²) in [4.78, 5) is 25.4. The number of nitrogens with one attached hydrogen (secondary N) is 1. The molecule has 0 aromatic heterocycles. The number of nitrogens with zero attached hydrogens (tertiary/aromatic N) is 1. The van der Waals surface area contributed by atoms with E-state index in [2.05, 4.69) is 122 Å². The maximum absolute atomic E-state index is 12.9. The Hall–Kier alpha value is -2.88. The summed E-state index contributed by atoms with van der Waals surface area (Å²) >= 11 is 0. The molecule has 0 aliphatic rings. The van der Waals surface area contributed by atoms with Crippen LogP contribution >= 0.6 is 7.82 Å². The summed E-state index contributed by atoms with van der Waals surface area (Å²) in [6, 6.07) is -1.11. The first kappa shape index (κ1) is 58.1. The molecule has 0 aliphatic heterocycles. The van der Waals surface area contributed by atoms with Crippen LogP contribution in [0.5, 0.6) is 0 Å². The number of hydrogen-bond acceptors (Lipinski definition) is 7. The number of aliphatic hydroxyl groups is 2. The van der Waals surface area contributed by atoms with Crippen molar-refractivity contribution in [1.29, 1.82) is 0 Å². The Balaban J connectivity index is 4.49. The molecule has 0 rings (SSSR count). The van der Waals surface area contributed by atoms with Crippen LogP contribution in [0.4, 0.5) is 0 Å². The van der Waals surface area contributed by atoms with E-state index in [1.807, 2.05) is 28.1 Å². The molecule has 4 unspecified atom stereocenters. The SMILES string of the molecule is C/C=C/CC/C=C/CC/C=C/CCCC(O)C(O)C(COP(=O)([O-])OCC[N+](C)(C)C)NC(=O)CCCCCCCC/C=C\C/C=C\C/C=C\C/C=C\C/C=C\C/C=C\CC. The average Bonchev–Trinajstić information content (AvgIpc) is 3.21. The predicted octanol–water partition coefficient (Wildman–Crippen LogP) is 11.6. The lowest BCUT2D eigenvalue weighted by molar-refractivity contribution is -0.870. The number of rotatable bonds is 40. The molecule has 3 N–H and O–H groups in total. The zero-order valence-electron chi connectivity index (χ0n) is 38.9. The van der Waals surface area contributed by atoms with Crippen LogP contribution in [0.15, 0.2) is 109 Å². The molecule has 4 atom stereocenters. The molecule has 0 bridgehead atoms. The van der Waals surface area contributed by atoms with Gasteiger partial charge < -0.3 is 34.0 Å². The van der Waals surface area contributed by atoms with E-state index in [0.717, 1.165) is 109 Å². The standard InChI is InChI=1S/C51H87N2O7P/c1-6-8-10-12-14-16-18-20-21-22-23-24-25-26-27-28-29-30-31-32-34-36-38-40-42-44-50(55)52-48(47-60-61(57,58)59-46-45-53(3,4)5)51(56)49(54)43-41-39-37-35-33-19-17-15-13-11-9-7-2/h7-10,14-17,20-21,23-24,26-27,29-30,35,37,48-49,51,54,56H,6,11-13,18-19,22,25,28,31-34,36,38-47H2,1-5H3,(H-,52,55,57,58)/b9-7+,10-8-,16-14-,17-15+,21-20-,24-23-,27-26-,30-29-,37-35+. The van der Waals surface area contributed by atoms with Gasteiger partial charge in [0, 0.05) is 6.42 Å². The number of phosphoric ester groups is 1. The monoisotopic (exact) mass is 871 g/mol. The second kappa shape index (κ2) is 41.1. The van der Waals surface area contributed by atoms with Gasteiger partial charge in [-0.3, -0.25) is 9.36 Å². The highest BCUT2D eigenvalue weighted by atomic mass is 31.2. The normalized spacial score (nSPS) is 15.7. The number of aliphatic hydroxyl groups excluding tert-OH is 2. The van der Waals surface area contributed by atoms with E-state index in [-0.39, 0.29) is 25.4 Å². The van der Waals surface area contributed by atoms with Crippen molar-refractivity contribution < 1.29 is 38.0 Å². The van der Waals surface area contributed by atoms with E-state index in [0.29, 0.717) is 23.9 Å². The number of hydrogen-bond donors (Lipinski definition) is 3. The van der Waals surface area contributed by atoms with Crippen molar-refractivity contribution in [2.45, 2.75) is 167 Å². The van der Waals surface area contributed by atoms with Crippen molar-refractivity contribution >= 4 is 13.7 Å². The number of allylic oxidation sites excluding steroid dienone is 18. The molecule has 61 heavy (non-hydrogen) atoms. The zero-order valence-corrected chi connectivity index (χ0v) is 39.8. The second-order valence-electron chi connectivity index (χ2n) is 16.5. The van der Waals surface area contributed by atoms with Crippen LogP contribution < -0.4 is 10.2 Å². The van der Waals surface area contributed by atoms with Gasteiger partial charge >= 0.3 is 0 Å². The van der Waals surface area contributed by atoms with E-state index >= 15 is 0 Å². The summed E-state index contributed by atoms with van der Waals surface area (Å²) in [5.74, 6) is -0.317. The van der Waals surface area contributed by atoms with E-state index in [1.54, 1.807) is 0 Å². The van der Waals surface area contributed by atoms with E-state index < -0.39 is 32.7 Å². The minimum absolute atomic E-state index is 0.0602. The third-order valence-electron chi connectivity index (χ3n) is 9.64. The fourth-order valence-corrected chi connectivity index (χ4v) is 6.66. The highest BCUT2D eigenvalue weighted by molar-refractivity contribution is 7.45. The van der Waals surface area contributed by atoms with Gasteiger partial charge in [-0.05, 0) is 110 Å². The largest absolute Gasteiger partial charge is 0.756 e. The number of unbranched alkanes of at least 4 members (excludes halogenated alkanes) is 9. The van der Waals surface area contributed by atoms with Gasteiger partial charge in [-0.25, -0.2) is 0 Å². The van der Waals surface area contributed by atoms with Crippen LogP contribution in [0.1, 0.15) is 149 Å². The molecule has 0 fully saturated rings. The molecule has 1 amide bonds. The van der Waals surface area contributed by atoms with Crippen LogP contribution in [-0.2, 0) is 18.4 Å². The zero-order chi connectivity index (χ0) is 45.1. The van der Waals surface area contributed by atoms with Crippen molar-refractivity contribution in [2.24, 2.45) is 0 Å². The van der Waals surface area contributed by atoms with Crippen molar-refractivity contribution in [1.82, 2.24) is 5.32 Å². The van der Waals surface area contributed by atoms with Gasteiger partial charge in [0.25, 0.3) is 7.82 Å². The third kappa shape index (κ3) is 42.2. The van der Waals surface area contributed by atoms with Gasteiger partial charge in [0.05, 0.1) is 39.9 Å². The first-order valence-corrected chi connectivity index (χ1v) is 24.7. The Morgan fingerprint density at radius 3 is 1.59 bits per heavy atom.